The number of nitrogens with zero attached hydrogens (tertiary/aromatic N) is 1. The first-order valence-corrected chi connectivity index (χ1v) is 6.15. The van der Waals surface area contributed by atoms with Crippen LogP contribution in [0.25, 0.3) is 0 Å². The third-order valence-electron chi connectivity index (χ3n) is 2.98. The van der Waals surface area contributed by atoms with Crippen LogP contribution >= 0.6 is 0 Å². The molecule has 2 aromatic rings. The maximum Gasteiger partial charge on any atom is 0.277 e. The largest absolute Gasteiger partial charge is 0.277 e. The van der Waals surface area contributed by atoms with Crippen LogP contribution in [-0.2, 0) is 11.3 Å². The highest BCUT2D eigenvalue weighted by molar-refractivity contribution is 5.93. The fourth-order valence-electron chi connectivity index (χ4n) is 1.91. The molecule has 0 aliphatic carbocycles. The van der Waals surface area contributed by atoms with E-state index in [4.69, 9.17) is 4.84 Å². The van der Waals surface area contributed by atoms with Crippen LogP contribution in [0.15, 0.2) is 54.6 Å². The van der Waals surface area contributed by atoms with E-state index in [1.165, 1.54) is 17.7 Å². The van der Waals surface area contributed by atoms with E-state index in [0.29, 0.717) is 5.56 Å². The van der Waals surface area contributed by atoms with E-state index in [2.05, 4.69) is 12.1 Å². The van der Waals surface area contributed by atoms with Crippen molar-refractivity contribution in [3.63, 3.8) is 0 Å². The van der Waals surface area contributed by atoms with Gasteiger partial charge in [-0.2, -0.15) is 0 Å². The number of carbonyl (C=O) groups excluding carboxylic acids is 1. The molecule has 0 bridgehead atoms. The van der Waals surface area contributed by atoms with Gasteiger partial charge >= 0.3 is 0 Å². The van der Waals surface area contributed by atoms with E-state index < -0.39 is 0 Å². The highest BCUT2D eigenvalue weighted by Crippen LogP contribution is 2.12. The van der Waals surface area contributed by atoms with Gasteiger partial charge in [0.25, 0.3) is 5.91 Å². The Labute approximate surface area is 113 Å². The summed E-state index contributed by atoms with van der Waals surface area (Å²) in [5.74, 6) is -0.141. The lowest BCUT2D eigenvalue weighted by Crippen LogP contribution is -2.25. The SMILES string of the molecule is CON(C)C(=O)c1cccc(Cc2ccccc2)c1. The van der Waals surface area contributed by atoms with Crippen molar-refractivity contribution in [3.05, 3.63) is 71.3 Å². The second-order valence-corrected chi connectivity index (χ2v) is 4.35. The van der Waals surface area contributed by atoms with Crippen LogP contribution in [0.5, 0.6) is 0 Å². The third-order valence-corrected chi connectivity index (χ3v) is 2.98. The fraction of sp³-hybridized carbons (Fsp3) is 0.188. The molecule has 0 aliphatic heterocycles. The van der Waals surface area contributed by atoms with Gasteiger partial charge in [0.15, 0.2) is 0 Å². The van der Waals surface area contributed by atoms with E-state index in [1.807, 2.05) is 36.4 Å². The van der Waals surface area contributed by atoms with Crippen molar-refractivity contribution >= 4 is 5.91 Å². The summed E-state index contributed by atoms with van der Waals surface area (Å²) in [6, 6.07) is 17.8. The van der Waals surface area contributed by atoms with Crippen LogP contribution in [0, 0.1) is 0 Å². The molecule has 2 rings (SSSR count). The van der Waals surface area contributed by atoms with Crippen LogP contribution in [0.1, 0.15) is 21.5 Å². The van der Waals surface area contributed by atoms with E-state index in [1.54, 1.807) is 13.1 Å². The average molecular weight is 255 g/mol. The number of hydrogen-bond acceptors (Lipinski definition) is 2. The van der Waals surface area contributed by atoms with E-state index in [9.17, 15) is 4.79 Å². The predicted octanol–water partition coefficient (Wildman–Crippen LogP) is 2.91. The van der Waals surface area contributed by atoms with Crippen molar-refractivity contribution < 1.29 is 9.63 Å². The minimum Gasteiger partial charge on any atom is -0.274 e. The van der Waals surface area contributed by atoms with E-state index in [-0.39, 0.29) is 5.91 Å². The van der Waals surface area contributed by atoms with Crippen molar-refractivity contribution in [1.82, 2.24) is 5.06 Å². The summed E-state index contributed by atoms with van der Waals surface area (Å²) in [4.78, 5) is 16.9. The highest BCUT2D eigenvalue weighted by Gasteiger charge is 2.11. The molecule has 0 aromatic heterocycles. The van der Waals surface area contributed by atoms with Crippen molar-refractivity contribution in [3.8, 4) is 0 Å². The minimum atomic E-state index is -0.141. The van der Waals surface area contributed by atoms with Crippen LogP contribution in [0.2, 0.25) is 0 Å². The van der Waals surface area contributed by atoms with E-state index in [0.717, 1.165) is 12.0 Å². The van der Waals surface area contributed by atoms with Crippen LogP contribution in [-0.4, -0.2) is 25.1 Å². The molecule has 98 valence electrons. The molecule has 0 unspecified atom stereocenters. The van der Waals surface area contributed by atoms with Crippen LogP contribution in [0.4, 0.5) is 0 Å². The summed E-state index contributed by atoms with van der Waals surface area (Å²) < 4.78 is 0. The molecule has 0 N–H and O–H groups in total. The number of rotatable bonds is 4. The molecule has 0 radical (unpaired) electrons. The Balaban J connectivity index is 2.18. The van der Waals surface area contributed by atoms with Gasteiger partial charge in [-0.1, -0.05) is 42.5 Å². The maximum atomic E-state index is 12.0. The molecule has 3 nitrogen and oxygen atoms in total. The molecule has 0 atom stereocenters. The molecule has 0 aliphatic rings. The molecule has 1 amide bonds. The Bertz CT molecular complexity index is 552. The number of hydroxylamine groups is 2. The molecule has 0 saturated heterocycles. The van der Waals surface area contributed by atoms with Crippen molar-refractivity contribution in [1.29, 1.82) is 0 Å². The molecule has 0 saturated carbocycles. The lowest BCUT2D eigenvalue weighted by Gasteiger charge is -2.14. The molecular formula is C16H17NO2. The van der Waals surface area contributed by atoms with Gasteiger partial charge in [0.05, 0.1) is 7.11 Å². The lowest BCUT2D eigenvalue weighted by atomic mass is 10.0. The third kappa shape index (κ3) is 3.42. The Kier molecular flexibility index (Phi) is 4.31. The summed E-state index contributed by atoms with van der Waals surface area (Å²) in [6.45, 7) is 0. The summed E-state index contributed by atoms with van der Waals surface area (Å²) in [7, 11) is 3.08. The fourth-order valence-corrected chi connectivity index (χ4v) is 1.91. The zero-order valence-electron chi connectivity index (χ0n) is 11.2. The quantitative estimate of drug-likeness (QED) is 0.786. The van der Waals surface area contributed by atoms with Gasteiger partial charge in [0, 0.05) is 12.6 Å². The summed E-state index contributed by atoms with van der Waals surface area (Å²) in [6.07, 6.45) is 0.818. The summed E-state index contributed by atoms with van der Waals surface area (Å²) in [5, 5.41) is 1.22. The van der Waals surface area contributed by atoms with Gasteiger partial charge in [-0.25, -0.2) is 5.06 Å². The first-order valence-electron chi connectivity index (χ1n) is 6.15. The van der Waals surface area contributed by atoms with E-state index >= 15 is 0 Å². The monoisotopic (exact) mass is 255 g/mol. The first-order chi connectivity index (χ1) is 9.20. The van der Waals surface area contributed by atoms with Crippen LogP contribution < -0.4 is 0 Å². The lowest BCUT2D eigenvalue weighted by molar-refractivity contribution is -0.0757. The molecule has 0 fully saturated rings. The standard InChI is InChI=1S/C16H17NO2/c1-17(19-2)16(18)15-10-6-9-14(12-15)11-13-7-4-3-5-8-13/h3-10,12H,11H2,1-2H3. The zero-order chi connectivity index (χ0) is 13.7. The van der Waals surface area contributed by atoms with Gasteiger partial charge in [0.1, 0.15) is 0 Å². The van der Waals surface area contributed by atoms with Crippen molar-refractivity contribution in [2.24, 2.45) is 0 Å². The molecule has 2 aromatic carbocycles. The predicted molar refractivity (Wildman–Crippen MR) is 74.8 cm³/mol. The second kappa shape index (κ2) is 6.16. The topological polar surface area (TPSA) is 29.5 Å². The smallest absolute Gasteiger partial charge is 0.274 e. The zero-order valence-corrected chi connectivity index (χ0v) is 11.2. The number of carbonyl (C=O) groups is 1. The number of benzene rings is 2. The summed E-state index contributed by atoms with van der Waals surface area (Å²) in [5.41, 5.74) is 2.98. The normalized spacial score (nSPS) is 10.2. The maximum absolute atomic E-state index is 12.0. The Morgan fingerprint density at radius 3 is 2.42 bits per heavy atom. The second-order valence-electron chi connectivity index (χ2n) is 4.35. The Morgan fingerprint density at radius 2 is 1.74 bits per heavy atom. The highest BCUT2D eigenvalue weighted by atomic mass is 16.7. The van der Waals surface area contributed by atoms with Crippen molar-refractivity contribution in [2.45, 2.75) is 6.42 Å². The van der Waals surface area contributed by atoms with Gasteiger partial charge in [0.2, 0.25) is 0 Å². The van der Waals surface area contributed by atoms with Crippen molar-refractivity contribution in [2.75, 3.05) is 14.2 Å². The number of amides is 1. The van der Waals surface area contributed by atoms with Gasteiger partial charge in [-0.3, -0.25) is 9.63 Å². The Morgan fingerprint density at radius 1 is 1.05 bits per heavy atom. The molecule has 0 heterocycles. The minimum absolute atomic E-state index is 0.141. The average Bonchev–Trinajstić information content (AvgIpc) is 2.47. The van der Waals surface area contributed by atoms with Crippen LogP contribution in [0.3, 0.4) is 0 Å². The molecule has 19 heavy (non-hydrogen) atoms. The van der Waals surface area contributed by atoms with Gasteiger partial charge in [-0.15, -0.1) is 0 Å². The number of hydrogen-bond donors (Lipinski definition) is 0. The van der Waals surface area contributed by atoms with Gasteiger partial charge in [-0.05, 0) is 29.7 Å². The molecule has 0 spiro atoms. The summed E-state index contributed by atoms with van der Waals surface area (Å²) >= 11 is 0. The first kappa shape index (κ1) is 13.3. The van der Waals surface area contributed by atoms with Gasteiger partial charge < -0.3 is 0 Å². The molecular weight excluding hydrogens is 238 g/mol. The Hall–Kier alpha value is -2.13. The molecule has 3 heteroatoms.